The van der Waals surface area contributed by atoms with E-state index < -0.39 is 53.0 Å². The molecule has 0 bridgehead atoms. The molecule has 3 heterocycles. The maximum Gasteiger partial charge on any atom is 0.425 e. The molecule has 12 aromatic rings. The highest BCUT2D eigenvalue weighted by molar-refractivity contribution is 7.92. The van der Waals surface area contributed by atoms with Crippen molar-refractivity contribution >= 4 is 54.6 Å². The summed E-state index contributed by atoms with van der Waals surface area (Å²) in [7, 11) is -3.42. The number of H-pyrrole nitrogens is 3. The third-order valence-corrected chi connectivity index (χ3v) is 19.6. The van der Waals surface area contributed by atoms with E-state index in [1.54, 1.807) is 74.5 Å². The van der Waals surface area contributed by atoms with Gasteiger partial charge in [-0.3, -0.25) is 9.52 Å². The minimum atomic E-state index is -4.41. The SMILES string of the molecule is CC(=O)c1ccccc1-c1ccc2nc(C3CC3c3ccc(OC(C)C(F)(F)F)cc3)[nH]c2c1.CC(O)c1ccccc1-c1ccc2nc(C3CC3c3ccc(OC(C)C(F)(F)F)cc3)[nH]c2c1.CC(Oc1ccc(C2CC2c2nc3ccc(-c4ccccc4NS(C)(=O)=O)cc3[nH]2)cc1)C(F)(F)F. The number of halogens is 9. The van der Waals surface area contributed by atoms with Crippen LogP contribution in [0.3, 0.4) is 0 Å². The van der Waals surface area contributed by atoms with Crippen molar-refractivity contribution in [3.05, 3.63) is 245 Å². The van der Waals surface area contributed by atoms with E-state index >= 15 is 0 Å². The van der Waals surface area contributed by atoms with E-state index in [-0.39, 0.29) is 58.5 Å². The first-order valence-electron chi connectivity index (χ1n) is 33.8. The number of Topliss-reactive ketones (excluding diaryl/α,β-unsaturated/α-hetero) is 1. The van der Waals surface area contributed by atoms with Crippen molar-refractivity contribution in [2.45, 2.75) is 132 Å². The summed E-state index contributed by atoms with van der Waals surface area (Å²) in [5.74, 6) is 4.65. The highest BCUT2D eigenvalue weighted by atomic mass is 32.2. The Morgan fingerprint density at radius 1 is 0.452 bits per heavy atom. The summed E-state index contributed by atoms with van der Waals surface area (Å²) < 4.78 is 155. The molecule has 538 valence electrons. The Kier molecular flexibility index (Phi) is 19.8. The summed E-state index contributed by atoms with van der Waals surface area (Å²) in [5, 5.41) is 10.1. The summed E-state index contributed by atoms with van der Waals surface area (Å²) in [6, 6.07) is 60.7. The van der Waals surface area contributed by atoms with Crippen LogP contribution in [0, 0.1) is 0 Å². The molecule has 104 heavy (non-hydrogen) atoms. The fourth-order valence-corrected chi connectivity index (χ4v) is 13.7. The highest BCUT2D eigenvalue weighted by Gasteiger charge is 2.45. The van der Waals surface area contributed by atoms with Crippen LogP contribution in [-0.4, -0.2) is 92.3 Å². The standard InChI is InChI=1S/C27H25F3N2O2.C27H23F3N2O2.C26H24F3N3O3S/c2*1-15(33)20-5-3-4-6-21(20)18-9-12-24-25(13-18)32-26(31-24)23-14-22(23)17-7-10-19(11-8-17)34-16(2)27(28,29)30;1-15(26(27,28)29)35-18-10-7-16(8-11-18)20-14-21(20)25-30-23-12-9-17(13-24(23)31-25)19-5-3-4-6-22(19)32-36(2,33)34/h3-13,15-16,22-23,33H,14H2,1-2H3,(H,31,32);3-13,16,22-23H,14H2,1-2H3,(H,31,32);3-13,15,20-21,32H,14H2,1-2H3,(H,30,31). The van der Waals surface area contributed by atoms with Crippen LogP contribution in [0.5, 0.6) is 17.2 Å². The number of carbonyl (C=O) groups excluding carboxylic acids is 1. The Hall–Kier alpha value is -10.5. The van der Waals surface area contributed by atoms with Crippen molar-refractivity contribution in [2.24, 2.45) is 0 Å². The van der Waals surface area contributed by atoms with Gasteiger partial charge in [0.2, 0.25) is 10.0 Å². The van der Waals surface area contributed by atoms with E-state index in [1.807, 2.05) is 133 Å². The molecular weight excluding hydrogens is 1370 g/mol. The van der Waals surface area contributed by atoms with Gasteiger partial charge < -0.3 is 34.3 Å². The van der Waals surface area contributed by atoms with Gasteiger partial charge in [0.1, 0.15) is 34.7 Å². The Labute approximate surface area is 593 Å². The van der Waals surface area contributed by atoms with Gasteiger partial charge in [0.15, 0.2) is 24.1 Å². The number of hydrogen-bond acceptors (Lipinski definition) is 10. The number of aromatic amines is 3. The number of aliphatic hydroxyl groups is 1. The quantitative estimate of drug-likeness (QED) is 0.0384. The summed E-state index contributed by atoms with van der Waals surface area (Å²) in [6.07, 6.45) is -15.5. The minimum Gasteiger partial charge on any atom is -0.481 e. The molecule has 3 aliphatic carbocycles. The third-order valence-electron chi connectivity index (χ3n) is 19.0. The van der Waals surface area contributed by atoms with Crippen molar-refractivity contribution in [3.63, 3.8) is 0 Å². The van der Waals surface area contributed by atoms with Gasteiger partial charge in [-0.1, -0.05) is 121 Å². The fourth-order valence-electron chi connectivity index (χ4n) is 13.1. The molecule has 3 fully saturated rings. The first-order valence-corrected chi connectivity index (χ1v) is 35.7. The number of nitrogens with zero attached hydrogens (tertiary/aromatic N) is 3. The molecule has 0 aliphatic heterocycles. The van der Waals surface area contributed by atoms with E-state index in [2.05, 4.69) is 25.7 Å². The summed E-state index contributed by atoms with van der Waals surface area (Å²) in [6.45, 7) is 6.30. The number of anilines is 1. The number of alkyl halides is 9. The van der Waals surface area contributed by atoms with Crippen LogP contribution in [0.4, 0.5) is 45.2 Å². The van der Waals surface area contributed by atoms with E-state index in [0.717, 1.165) is 152 Å². The van der Waals surface area contributed by atoms with Crippen LogP contribution in [0.2, 0.25) is 0 Å². The van der Waals surface area contributed by atoms with Gasteiger partial charge in [-0.2, -0.15) is 39.5 Å². The van der Waals surface area contributed by atoms with Crippen LogP contribution in [0.15, 0.2) is 200 Å². The van der Waals surface area contributed by atoms with E-state index in [1.165, 1.54) is 0 Å². The number of ether oxygens (including phenoxy) is 3. The lowest BCUT2D eigenvalue weighted by Gasteiger charge is -2.17. The lowest BCUT2D eigenvalue weighted by molar-refractivity contribution is -0.189. The third kappa shape index (κ3) is 16.6. The number of imidazole rings is 3. The average Bonchev–Trinajstić information content (AvgIpc) is 1.61. The molecule has 10 unspecified atom stereocenters. The fraction of sp³-hybridized carbons (Fsp3) is 0.275. The van der Waals surface area contributed by atoms with Gasteiger partial charge >= 0.3 is 18.5 Å². The van der Waals surface area contributed by atoms with Crippen molar-refractivity contribution in [3.8, 4) is 50.6 Å². The Bertz CT molecular complexity index is 5210. The zero-order chi connectivity index (χ0) is 73.7. The van der Waals surface area contributed by atoms with Gasteiger partial charge in [-0.25, -0.2) is 23.4 Å². The van der Waals surface area contributed by atoms with Crippen molar-refractivity contribution < 1.29 is 72.0 Å². The number of fused-ring (bicyclic) bond motifs is 3. The van der Waals surface area contributed by atoms with Crippen LogP contribution >= 0.6 is 0 Å². The number of nitrogens with one attached hydrogen (secondary N) is 4. The van der Waals surface area contributed by atoms with E-state index in [9.17, 15) is 57.8 Å². The van der Waals surface area contributed by atoms with Gasteiger partial charge in [0, 0.05) is 28.9 Å². The average molecular weight is 1450 g/mol. The Morgan fingerprint density at radius 3 is 1.13 bits per heavy atom. The molecule has 0 radical (unpaired) electrons. The zero-order valence-corrected chi connectivity index (χ0v) is 57.8. The van der Waals surface area contributed by atoms with Crippen LogP contribution < -0.4 is 18.9 Å². The molecular formula is C80H72F9N7O7S. The predicted molar refractivity (Wildman–Crippen MR) is 382 cm³/mol. The number of ketones is 1. The zero-order valence-electron chi connectivity index (χ0n) is 57.0. The summed E-state index contributed by atoms with van der Waals surface area (Å²) in [4.78, 5) is 36.5. The van der Waals surface area contributed by atoms with Crippen LogP contribution in [0.25, 0.3) is 66.5 Å². The normalized spacial score (nSPS) is 19.0. The number of carbonyl (C=O) groups is 1. The molecule has 3 saturated carbocycles. The van der Waals surface area contributed by atoms with E-state index in [0.29, 0.717) is 11.3 Å². The molecule has 0 amide bonds. The topological polar surface area (TPSA) is 197 Å². The number of rotatable bonds is 19. The number of benzene rings is 9. The second kappa shape index (κ2) is 28.6. The van der Waals surface area contributed by atoms with Gasteiger partial charge in [-0.05, 0) is 201 Å². The number of aromatic nitrogens is 6. The predicted octanol–water partition coefficient (Wildman–Crippen LogP) is 20.1. The summed E-state index contributed by atoms with van der Waals surface area (Å²) in [5.41, 5.74) is 15.8. The molecule has 0 spiro atoms. The maximum absolute atomic E-state index is 12.7. The molecule has 3 aliphatic rings. The number of sulfonamides is 1. The second-order valence-electron chi connectivity index (χ2n) is 26.8. The number of hydrogen-bond donors (Lipinski definition) is 5. The van der Waals surface area contributed by atoms with Gasteiger partial charge in [0.25, 0.3) is 0 Å². The molecule has 3 aromatic heterocycles. The first-order chi connectivity index (χ1) is 49.4. The molecule has 9 aromatic carbocycles. The monoisotopic (exact) mass is 1450 g/mol. The molecule has 15 rings (SSSR count). The van der Waals surface area contributed by atoms with Crippen molar-refractivity contribution in [1.29, 1.82) is 0 Å². The minimum absolute atomic E-state index is 0.0195. The van der Waals surface area contributed by atoms with Gasteiger partial charge in [-0.15, -0.1) is 0 Å². The first kappa shape index (κ1) is 71.9. The van der Waals surface area contributed by atoms with Crippen molar-refractivity contribution in [2.75, 3.05) is 11.0 Å². The second-order valence-corrected chi connectivity index (χ2v) is 28.6. The molecule has 0 saturated heterocycles. The van der Waals surface area contributed by atoms with E-state index in [4.69, 9.17) is 29.2 Å². The Balaban J connectivity index is 0.000000139. The molecule has 5 N–H and O–H groups in total. The van der Waals surface area contributed by atoms with Crippen LogP contribution in [0.1, 0.15) is 146 Å². The Morgan fingerprint density at radius 2 is 0.779 bits per heavy atom. The smallest absolute Gasteiger partial charge is 0.425 e. The number of para-hydroxylation sites is 1. The lowest BCUT2D eigenvalue weighted by Crippen LogP contribution is -2.31. The largest absolute Gasteiger partial charge is 0.481 e. The summed E-state index contributed by atoms with van der Waals surface area (Å²) >= 11 is 0. The molecule has 24 heteroatoms. The molecule has 10 atom stereocenters. The number of aliphatic hydroxyl groups excluding tert-OH is 1. The maximum atomic E-state index is 12.7. The van der Waals surface area contributed by atoms with Gasteiger partial charge in [0.05, 0.1) is 51.1 Å². The lowest BCUT2D eigenvalue weighted by atomic mass is 9.96. The van der Waals surface area contributed by atoms with Crippen molar-refractivity contribution in [1.82, 2.24) is 29.9 Å². The van der Waals surface area contributed by atoms with Crippen LogP contribution in [-0.2, 0) is 10.0 Å². The highest BCUT2D eigenvalue weighted by Crippen LogP contribution is 2.57. The molecule has 14 nitrogen and oxygen atoms in total.